The van der Waals surface area contributed by atoms with Crippen molar-refractivity contribution in [3.8, 4) is 0 Å². The summed E-state index contributed by atoms with van der Waals surface area (Å²) in [5.41, 5.74) is 0. The van der Waals surface area contributed by atoms with Crippen molar-refractivity contribution in [3.63, 3.8) is 0 Å². The molecule has 1 aliphatic heterocycles. The van der Waals surface area contributed by atoms with Gasteiger partial charge in [0.25, 0.3) is 5.91 Å². The van der Waals surface area contributed by atoms with Gasteiger partial charge in [-0.2, -0.15) is 0 Å². The summed E-state index contributed by atoms with van der Waals surface area (Å²) in [5.74, 6) is 0.203. The molecule has 1 unspecified atom stereocenters. The van der Waals surface area contributed by atoms with Crippen molar-refractivity contribution in [1.29, 1.82) is 0 Å². The molecule has 1 fully saturated rings. The van der Waals surface area contributed by atoms with Crippen LogP contribution in [0, 0.1) is 0 Å². The zero-order chi connectivity index (χ0) is 12.3. The van der Waals surface area contributed by atoms with Crippen molar-refractivity contribution in [3.05, 3.63) is 22.3 Å². The van der Waals surface area contributed by atoms with Crippen molar-refractivity contribution >= 4 is 34.9 Å². The van der Waals surface area contributed by atoms with Crippen LogP contribution in [0.25, 0.3) is 0 Å². The monoisotopic (exact) mass is 274 g/mol. The zero-order valence-electron chi connectivity index (χ0n) is 9.08. The van der Waals surface area contributed by atoms with Gasteiger partial charge in [-0.05, 0) is 19.3 Å². The molecule has 2 heterocycles. The lowest BCUT2D eigenvalue weighted by Gasteiger charge is -2.21. The highest BCUT2D eigenvalue weighted by Gasteiger charge is 2.22. The zero-order valence-corrected chi connectivity index (χ0v) is 10.6. The second-order valence-electron chi connectivity index (χ2n) is 3.83. The van der Waals surface area contributed by atoms with Gasteiger partial charge in [0, 0.05) is 18.9 Å². The highest BCUT2D eigenvalue weighted by molar-refractivity contribution is 6.42. The molecule has 1 saturated heterocycles. The van der Waals surface area contributed by atoms with E-state index in [1.54, 1.807) is 0 Å². The quantitative estimate of drug-likeness (QED) is 0.902. The van der Waals surface area contributed by atoms with E-state index in [0.29, 0.717) is 22.5 Å². The molecule has 17 heavy (non-hydrogen) atoms. The number of ether oxygens (including phenoxy) is 1. The highest BCUT2D eigenvalue weighted by atomic mass is 35.5. The topological polar surface area (TPSA) is 51.2 Å². The number of nitrogens with zero attached hydrogens (tertiary/aromatic N) is 1. The van der Waals surface area contributed by atoms with Crippen molar-refractivity contribution in [2.75, 3.05) is 11.9 Å². The Morgan fingerprint density at radius 2 is 2.24 bits per heavy atom. The Labute approximate surface area is 109 Å². The van der Waals surface area contributed by atoms with Crippen LogP contribution in [-0.2, 0) is 9.53 Å². The minimum absolute atomic E-state index is 0.185. The summed E-state index contributed by atoms with van der Waals surface area (Å²) in [5, 5.41) is 3.38. The van der Waals surface area contributed by atoms with Gasteiger partial charge in [-0.15, -0.1) is 0 Å². The second-order valence-corrected chi connectivity index (χ2v) is 4.64. The summed E-state index contributed by atoms with van der Waals surface area (Å²) < 4.78 is 5.37. The van der Waals surface area contributed by atoms with E-state index in [9.17, 15) is 4.79 Å². The number of amides is 1. The Morgan fingerprint density at radius 3 is 2.88 bits per heavy atom. The lowest BCUT2D eigenvalue weighted by atomic mass is 10.1. The molecule has 0 spiro atoms. The Morgan fingerprint density at radius 1 is 1.41 bits per heavy atom. The number of anilines is 1. The molecule has 0 saturated carbocycles. The fraction of sp³-hybridized carbons (Fsp3) is 0.455. The molecule has 1 aliphatic rings. The van der Waals surface area contributed by atoms with Gasteiger partial charge in [0.2, 0.25) is 0 Å². The fourth-order valence-electron chi connectivity index (χ4n) is 1.64. The van der Waals surface area contributed by atoms with Gasteiger partial charge in [-0.25, -0.2) is 4.98 Å². The number of halogens is 2. The number of carbonyl (C=O) groups excluding carboxylic acids is 1. The third kappa shape index (κ3) is 3.31. The van der Waals surface area contributed by atoms with E-state index in [0.717, 1.165) is 19.3 Å². The third-order valence-corrected chi connectivity index (χ3v) is 3.24. The predicted octanol–water partition coefficient (Wildman–Crippen LogP) is 2.90. The first-order valence-corrected chi connectivity index (χ1v) is 6.16. The van der Waals surface area contributed by atoms with E-state index in [-0.39, 0.29) is 12.0 Å². The molecule has 1 atom stereocenters. The number of hydrogen-bond donors (Lipinski definition) is 1. The molecule has 1 aromatic heterocycles. The van der Waals surface area contributed by atoms with Crippen LogP contribution in [0.3, 0.4) is 0 Å². The van der Waals surface area contributed by atoms with Crippen LogP contribution in [0.5, 0.6) is 0 Å². The molecule has 0 bridgehead atoms. The number of hydrogen-bond acceptors (Lipinski definition) is 3. The number of carbonyl (C=O) groups is 1. The van der Waals surface area contributed by atoms with E-state index in [1.165, 1.54) is 12.3 Å². The number of nitrogens with one attached hydrogen (secondary N) is 1. The minimum atomic E-state index is -0.389. The molecular weight excluding hydrogens is 263 g/mol. The highest BCUT2D eigenvalue weighted by Crippen LogP contribution is 2.23. The SMILES string of the molecule is O=C(Nc1cc(Cl)c(Cl)cn1)C1CCCCO1. The van der Waals surface area contributed by atoms with Crippen LogP contribution in [0.2, 0.25) is 10.0 Å². The van der Waals surface area contributed by atoms with E-state index in [2.05, 4.69) is 10.3 Å². The Bertz CT molecular complexity index is 420. The lowest BCUT2D eigenvalue weighted by molar-refractivity contribution is -0.130. The first kappa shape index (κ1) is 12.6. The van der Waals surface area contributed by atoms with Crippen LogP contribution in [0.4, 0.5) is 5.82 Å². The molecule has 1 N–H and O–H groups in total. The van der Waals surface area contributed by atoms with Crippen LogP contribution in [-0.4, -0.2) is 23.6 Å². The molecule has 6 heteroatoms. The van der Waals surface area contributed by atoms with Gasteiger partial charge in [0.15, 0.2) is 0 Å². The van der Waals surface area contributed by atoms with Crippen LogP contribution < -0.4 is 5.32 Å². The number of rotatable bonds is 2. The van der Waals surface area contributed by atoms with E-state index < -0.39 is 0 Å². The Balaban J connectivity index is 1.99. The predicted molar refractivity (Wildman–Crippen MR) is 66.5 cm³/mol. The van der Waals surface area contributed by atoms with Gasteiger partial charge in [-0.3, -0.25) is 4.79 Å². The normalized spacial score (nSPS) is 20.0. The molecule has 0 aromatic carbocycles. The first-order valence-electron chi connectivity index (χ1n) is 5.40. The minimum Gasteiger partial charge on any atom is -0.368 e. The molecule has 4 nitrogen and oxygen atoms in total. The van der Waals surface area contributed by atoms with Crippen LogP contribution in [0.1, 0.15) is 19.3 Å². The Hall–Kier alpha value is -0.840. The molecule has 0 aliphatic carbocycles. The summed E-state index contributed by atoms with van der Waals surface area (Å²) in [6, 6.07) is 1.52. The average Bonchev–Trinajstić information content (AvgIpc) is 2.35. The van der Waals surface area contributed by atoms with Crippen molar-refractivity contribution < 1.29 is 9.53 Å². The van der Waals surface area contributed by atoms with Gasteiger partial charge in [-0.1, -0.05) is 23.2 Å². The molecular formula is C11H12Cl2N2O2. The van der Waals surface area contributed by atoms with Crippen LogP contribution >= 0.6 is 23.2 Å². The molecule has 2 rings (SSSR count). The first-order chi connectivity index (χ1) is 8.16. The van der Waals surface area contributed by atoms with Crippen molar-refractivity contribution in [2.24, 2.45) is 0 Å². The summed E-state index contributed by atoms with van der Waals surface area (Å²) >= 11 is 11.6. The third-order valence-electron chi connectivity index (χ3n) is 2.53. The average molecular weight is 275 g/mol. The summed E-state index contributed by atoms with van der Waals surface area (Å²) in [7, 11) is 0. The van der Waals surface area contributed by atoms with Gasteiger partial charge >= 0.3 is 0 Å². The standard InChI is InChI=1S/C11H12Cl2N2O2/c12-7-5-10(14-6-8(7)13)15-11(16)9-3-1-2-4-17-9/h5-6,9H,1-4H2,(H,14,15,16). The second kappa shape index (κ2) is 5.67. The maximum atomic E-state index is 11.8. The summed E-state index contributed by atoms with van der Waals surface area (Å²) in [4.78, 5) is 15.8. The Kier molecular flexibility index (Phi) is 4.20. The molecule has 92 valence electrons. The molecule has 1 aromatic rings. The maximum Gasteiger partial charge on any atom is 0.254 e. The van der Waals surface area contributed by atoms with Crippen molar-refractivity contribution in [2.45, 2.75) is 25.4 Å². The fourth-order valence-corrected chi connectivity index (χ4v) is 1.89. The van der Waals surface area contributed by atoms with Crippen molar-refractivity contribution in [1.82, 2.24) is 4.98 Å². The van der Waals surface area contributed by atoms with E-state index in [4.69, 9.17) is 27.9 Å². The van der Waals surface area contributed by atoms with E-state index >= 15 is 0 Å². The summed E-state index contributed by atoms with van der Waals surface area (Å²) in [6.07, 6.45) is 3.77. The molecule has 0 radical (unpaired) electrons. The largest absolute Gasteiger partial charge is 0.368 e. The van der Waals surface area contributed by atoms with Crippen LogP contribution in [0.15, 0.2) is 12.3 Å². The number of pyridine rings is 1. The maximum absolute atomic E-state index is 11.8. The molecule has 1 amide bonds. The summed E-state index contributed by atoms with van der Waals surface area (Å²) in [6.45, 7) is 0.632. The van der Waals surface area contributed by atoms with Gasteiger partial charge < -0.3 is 10.1 Å². The van der Waals surface area contributed by atoms with Gasteiger partial charge in [0.05, 0.1) is 10.0 Å². The smallest absolute Gasteiger partial charge is 0.254 e. The van der Waals surface area contributed by atoms with E-state index in [1.807, 2.05) is 0 Å². The van der Waals surface area contributed by atoms with Gasteiger partial charge in [0.1, 0.15) is 11.9 Å². The number of aromatic nitrogens is 1. The lowest BCUT2D eigenvalue weighted by Crippen LogP contribution is -2.33.